The van der Waals surface area contributed by atoms with Crippen LogP contribution in [0.4, 0.5) is 5.13 Å². The lowest BCUT2D eigenvalue weighted by atomic mass is 10.1. The highest BCUT2D eigenvalue weighted by Gasteiger charge is 2.36. The average Bonchev–Trinajstić information content (AvgIpc) is 3.12. The number of nitrogens with zero attached hydrogens (tertiary/aromatic N) is 3. The second kappa shape index (κ2) is 8.32. The van der Waals surface area contributed by atoms with Crippen molar-refractivity contribution >= 4 is 28.3 Å². The smallest absolute Gasteiger partial charge is 0.231 e. The number of anilines is 1. The molecule has 1 aromatic heterocycles. The molecule has 1 aliphatic heterocycles. The first-order chi connectivity index (χ1) is 11.0. The molecule has 1 aromatic rings. The van der Waals surface area contributed by atoms with Crippen molar-refractivity contribution in [3.63, 3.8) is 0 Å². The number of nitrogens with one attached hydrogen (secondary N) is 1. The minimum absolute atomic E-state index is 0.0241. The van der Waals surface area contributed by atoms with Gasteiger partial charge in [-0.1, -0.05) is 11.3 Å². The summed E-state index contributed by atoms with van der Waals surface area (Å²) in [5.41, 5.74) is 0. The zero-order valence-corrected chi connectivity index (χ0v) is 14.4. The summed E-state index contributed by atoms with van der Waals surface area (Å²) in [6.45, 7) is 5.65. The van der Waals surface area contributed by atoms with Gasteiger partial charge in [-0.3, -0.25) is 9.59 Å². The number of ether oxygens (including phenoxy) is 2. The van der Waals surface area contributed by atoms with Crippen LogP contribution in [0.1, 0.15) is 25.3 Å². The summed E-state index contributed by atoms with van der Waals surface area (Å²) in [6, 6.07) is -0.0374. The topological polar surface area (TPSA) is 93.7 Å². The zero-order valence-electron chi connectivity index (χ0n) is 13.6. The van der Waals surface area contributed by atoms with E-state index in [0.717, 1.165) is 0 Å². The summed E-state index contributed by atoms with van der Waals surface area (Å²) in [6.07, 6.45) is 0.213. The van der Waals surface area contributed by atoms with E-state index in [2.05, 4.69) is 15.5 Å². The van der Waals surface area contributed by atoms with Gasteiger partial charge in [0, 0.05) is 26.7 Å². The molecule has 0 unspecified atom stereocenters. The third-order valence-electron chi connectivity index (χ3n) is 3.60. The van der Waals surface area contributed by atoms with Crippen molar-refractivity contribution in [2.75, 3.05) is 32.2 Å². The quantitative estimate of drug-likeness (QED) is 0.754. The van der Waals surface area contributed by atoms with Gasteiger partial charge in [0.2, 0.25) is 16.9 Å². The lowest BCUT2D eigenvalue weighted by Crippen LogP contribution is -2.38. The number of rotatable bonds is 8. The van der Waals surface area contributed by atoms with Crippen molar-refractivity contribution in [3.05, 3.63) is 5.01 Å². The average molecular weight is 342 g/mol. The summed E-state index contributed by atoms with van der Waals surface area (Å²) >= 11 is 1.28. The Bertz CT molecular complexity index is 551. The Morgan fingerprint density at radius 3 is 3.00 bits per heavy atom. The number of amides is 2. The van der Waals surface area contributed by atoms with Crippen molar-refractivity contribution in [1.29, 1.82) is 0 Å². The van der Waals surface area contributed by atoms with E-state index in [1.165, 1.54) is 11.3 Å². The largest absolute Gasteiger partial charge is 0.383 e. The maximum Gasteiger partial charge on any atom is 0.231 e. The van der Waals surface area contributed by atoms with Gasteiger partial charge in [-0.05, 0) is 13.8 Å². The Morgan fingerprint density at radius 1 is 1.52 bits per heavy atom. The highest BCUT2D eigenvalue weighted by Crippen LogP contribution is 2.23. The van der Waals surface area contributed by atoms with Gasteiger partial charge < -0.3 is 19.7 Å². The molecule has 1 fully saturated rings. The number of carbonyl (C=O) groups excluding carboxylic acids is 2. The van der Waals surface area contributed by atoms with Gasteiger partial charge in [0.1, 0.15) is 11.6 Å². The standard InChI is InChI=1S/C14H22N4O4S/c1-4-22-8-11-16-17-14(23-11)15-13(20)10-5-12(19)18(6-10)9(2)7-21-3/h9-10H,4-8H2,1-3H3,(H,15,17,20)/t9-,10-/m0/s1. The molecule has 2 atom stereocenters. The zero-order chi connectivity index (χ0) is 16.8. The molecule has 0 aromatic carbocycles. The Hall–Kier alpha value is -1.58. The van der Waals surface area contributed by atoms with Crippen LogP contribution in [-0.2, 0) is 25.7 Å². The fraction of sp³-hybridized carbons (Fsp3) is 0.714. The van der Waals surface area contributed by atoms with Gasteiger partial charge >= 0.3 is 0 Å². The molecular formula is C14H22N4O4S. The van der Waals surface area contributed by atoms with Crippen molar-refractivity contribution < 1.29 is 19.1 Å². The van der Waals surface area contributed by atoms with Crippen molar-refractivity contribution in [1.82, 2.24) is 15.1 Å². The van der Waals surface area contributed by atoms with E-state index < -0.39 is 0 Å². The number of hydrogen-bond donors (Lipinski definition) is 1. The van der Waals surface area contributed by atoms with Crippen LogP contribution in [0.2, 0.25) is 0 Å². The fourth-order valence-corrected chi connectivity index (χ4v) is 3.10. The second-order valence-electron chi connectivity index (χ2n) is 5.38. The summed E-state index contributed by atoms with van der Waals surface area (Å²) in [5.74, 6) is -0.602. The molecule has 9 heteroatoms. The summed E-state index contributed by atoms with van der Waals surface area (Å²) in [5, 5.41) is 11.7. The fourth-order valence-electron chi connectivity index (χ4n) is 2.42. The maximum absolute atomic E-state index is 12.3. The summed E-state index contributed by atoms with van der Waals surface area (Å²) < 4.78 is 10.3. The van der Waals surface area contributed by atoms with E-state index in [0.29, 0.717) is 36.5 Å². The van der Waals surface area contributed by atoms with E-state index in [-0.39, 0.29) is 30.2 Å². The Labute approximate surface area is 139 Å². The molecule has 0 spiro atoms. The molecular weight excluding hydrogens is 320 g/mol. The molecule has 2 heterocycles. The molecule has 1 aliphatic rings. The van der Waals surface area contributed by atoms with Gasteiger partial charge in [-0.15, -0.1) is 10.2 Å². The molecule has 0 aliphatic carbocycles. The molecule has 2 amide bonds. The van der Waals surface area contributed by atoms with Crippen LogP contribution in [0.25, 0.3) is 0 Å². The van der Waals surface area contributed by atoms with Crippen LogP contribution in [0.5, 0.6) is 0 Å². The molecule has 1 N–H and O–H groups in total. The van der Waals surface area contributed by atoms with Crippen molar-refractivity contribution in [2.24, 2.45) is 5.92 Å². The van der Waals surface area contributed by atoms with E-state index in [4.69, 9.17) is 9.47 Å². The van der Waals surface area contributed by atoms with Crippen LogP contribution in [-0.4, -0.2) is 59.8 Å². The van der Waals surface area contributed by atoms with E-state index in [1.54, 1.807) is 12.0 Å². The Morgan fingerprint density at radius 2 is 2.30 bits per heavy atom. The number of carbonyl (C=O) groups is 2. The Kier molecular flexibility index (Phi) is 6.43. The molecule has 0 saturated carbocycles. The lowest BCUT2D eigenvalue weighted by molar-refractivity contribution is -0.130. The molecule has 0 radical (unpaired) electrons. The molecule has 1 saturated heterocycles. The van der Waals surface area contributed by atoms with Crippen LogP contribution in [0.15, 0.2) is 0 Å². The van der Waals surface area contributed by atoms with Crippen molar-refractivity contribution in [3.8, 4) is 0 Å². The molecule has 0 bridgehead atoms. The predicted molar refractivity (Wildman–Crippen MR) is 85.0 cm³/mol. The van der Waals surface area contributed by atoms with E-state index in [1.807, 2.05) is 13.8 Å². The molecule has 23 heavy (non-hydrogen) atoms. The van der Waals surface area contributed by atoms with Crippen LogP contribution in [0.3, 0.4) is 0 Å². The lowest BCUT2D eigenvalue weighted by Gasteiger charge is -2.23. The number of hydrogen-bond acceptors (Lipinski definition) is 7. The summed E-state index contributed by atoms with van der Waals surface area (Å²) in [7, 11) is 1.59. The number of aromatic nitrogens is 2. The first-order valence-electron chi connectivity index (χ1n) is 7.54. The molecule has 2 rings (SSSR count). The Balaban J connectivity index is 1.89. The second-order valence-corrected chi connectivity index (χ2v) is 6.44. The number of methoxy groups -OCH3 is 1. The molecule has 128 valence electrons. The van der Waals surface area contributed by atoms with Gasteiger partial charge in [0.25, 0.3) is 0 Å². The normalized spacial score (nSPS) is 19.2. The third-order valence-corrected chi connectivity index (χ3v) is 4.41. The van der Waals surface area contributed by atoms with E-state index >= 15 is 0 Å². The van der Waals surface area contributed by atoms with Gasteiger partial charge in [0.05, 0.1) is 18.6 Å². The van der Waals surface area contributed by atoms with Crippen LogP contribution >= 0.6 is 11.3 Å². The van der Waals surface area contributed by atoms with Gasteiger partial charge in [0.15, 0.2) is 0 Å². The van der Waals surface area contributed by atoms with Crippen LogP contribution in [0, 0.1) is 5.92 Å². The van der Waals surface area contributed by atoms with E-state index in [9.17, 15) is 9.59 Å². The first kappa shape index (κ1) is 17.8. The van der Waals surface area contributed by atoms with Crippen molar-refractivity contribution in [2.45, 2.75) is 32.9 Å². The molecule has 8 nitrogen and oxygen atoms in total. The SMILES string of the molecule is CCOCc1nnc(NC(=O)[C@H]2CC(=O)N([C@@H](C)COC)C2)s1. The van der Waals surface area contributed by atoms with Crippen LogP contribution < -0.4 is 5.32 Å². The third kappa shape index (κ3) is 4.69. The summed E-state index contributed by atoms with van der Waals surface area (Å²) in [4.78, 5) is 26.0. The minimum Gasteiger partial charge on any atom is -0.383 e. The maximum atomic E-state index is 12.3. The minimum atomic E-state index is -0.374. The monoisotopic (exact) mass is 342 g/mol. The van der Waals surface area contributed by atoms with Gasteiger partial charge in [-0.25, -0.2) is 0 Å². The highest BCUT2D eigenvalue weighted by atomic mass is 32.1. The van der Waals surface area contributed by atoms with Gasteiger partial charge in [-0.2, -0.15) is 0 Å². The first-order valence-corrected chi connectivity index (χ1v) is 8.36. The highest BCUT2D eigenvalue weighted by molar-refractivity contribution is 7.15. The number of likely N-dealkylation sites (tertiary alicyclic amines) is 1. The predicted octanol–water partition coefficient (Wildman–Crippen LogP) is 0.896.